The smallest absolute Gasteiger partial charge is 0.358 e. The number of anilines is 1. The van der Waals surface area contributed by atoms with Crippen LogP contribution in [0, 0.1) is 10.1 Å². The molecule has 3 rings (SSSR count). The lowest BCUT2D eigenvalue weighted by Gasteiger charge is -2.14. The molecule has 2 aromatic heterocycles. The minimum absolute atomic E-state index is 0.0201. The molecule has 7 heteroatoms. The standard InChI is InChI=1S/C15H16N4O2S/c1-3-11-4-6-12(7-5-11)10(2)16-13-14(19(20)21)18-8-9-22-15(18)17-13/h4-10,16H,3H2,1-2H3. The third-order valence-corrected chi connectivity index (χ3v) is 4.41. The summed E-state index contributed by atoms with van der Waals surface area (Å²) in [5.41, 5.74) is 2.34. The summed E-state index contributed by atoms with van der Waals surface area (Å²) < 4.78 is 1.50. The molecule has 2 heterocycles. The van der Waals surface area contributed by atoms with Crippen LogP contribution in [0.1, 0.15) is 31.0 Å². The van der Waals surface area contributed by atoms with Gasteiger partial charge in [-0.25, -0.2) is 0 Å². The van der Waals surface area contributed by atoms with E-state index in [2.05, 4.69) is 29.4 Å². The minimum atomic E-state index is -0.401. The molecule has 6 nitrogen and oxygen atoms in total. The molecule has 1 atom stereocenters. The Labute approximate surface area is 131 Å². The maximum absolute atomic E-state index is 11.3. The quantitative estimate of drug-likeness (QED) is 0.569. The molecule has 0 saturated carbocycles. The molecular formula is C15H16N4O2S. The third-order valence-electron chi connectivity index (χ3n) is 3.65. The Morgan fingerprint density at radius 2 is 2.14 bits per heavy atom. The van der Waals surface area contributed by atoms with Crippen LogP contribution >= 0.6 is 11.3 Å². The maximum atomic E-state index is 11.3. The number of hydrogen-bond donors (Lipinski definition) is 1. The second-order valence-electron chi connectivity index (χ2n) is 5.06. The van der Waals surface area contributed by atoms with Gasteiger partial charge in [-0.05, 0) is 29.4 Å². The number of imidazole rings is 1. The highest BCUT2D eigenvalue weighted by Gasteiger charge is 2.24. The van der Waals surface area contributed by atoms with Gasteiger partial charge in [-0.15, -0.1) is 0 Å². The number of hydrogen-bond acceptors (Lipinski definition) is 5. The second-order valence-corrected chi connectivity index (χ2v) is 5.93. The lowest BCUT2D eigenvalue weighted by atomic mass is 10.1. The van der Waals surface area contributed by atoms with Crippen molar-refractivity contribution >= 4 is 27.9 Å². The van der Waals surface area contributed by atoms with E-state index < -0.39 is 4.92 Å². The van der Waals surface area contributed by atoms with E-state index in [1.165, 1.54) is 21.3 Å². The Hall–Kier alpha value is -2.41. The van der Waals surface area contributed by atoms with Gasteiger partial charge in [-0.3, -0.25) is 0 Å². The van der Waals surface area contributed by atoms with Gasteiger partial charge in [0.15, 0.2) is 0 Å². The molecule has 0 aliphatic carbocycles. The van der Waals surface area contributed by atoms with E-state index in [-0.39, 0.29) is 11.9 Å². The fourth-order valence-electron chi connectivity index (χ4n) is 2.38. The van der Waals surface area contributed by atoms with Gasteiger partial charge in [-0.1, -0.05) is 42.5 Å². The van der Waals surface area contributed by atoms with Crippen LogP contribution in [0.15, 0.2) is 35.8 Å². The fraction of sp³-hybridized carbons (Fsp3) is 0.267. The van der Waals surface area contributed by atoms with E-state index in [1.807, 2.05) is 19.1 Å². The molecule has 22 heavy (non-hydrogen) atoms. The van der Waals surface area contributed by atoms with Crippen molar-refractivity contribution in [1.29, 1.82) is 0 Å². The van der Waals surface area contributed by atoms with Crippen molar-refractivity contribution in [2.45, 2.75) is 26.3 Å². The number of aryl methyl sites for hydroxylation is 1. The van der Waals surface area contributed by atoms with Crippen LogP contribution in [-0.2, 0) is 6.42 Å². The summed E-state index contributed by atoms with van der Waals surface area (Å²) in [6, 6.07) is 8.18. The number of nitrogens with one attached hydrogen (secondary N) is 1. The number of fused-ring (bicyclic) bond motifs is 1. The molecule has 1 N–H and O–H groups in total. The maximum Gasteiger partial charge on any atom is 0.372 e. The van der Waals surface area contributed by atoms with Gasteiger partial charge < -0.3 is 15.4 Å². The van der Waals surface area contributed by atoms with Gasteiger partial charge in [0.2, 0.25) is 5.82 Å². The van der Waals surface area contributed by atoms with E-state index in [0.717, 1.165) is 12.0 Å². The average Bonchev–Trinajstić information content (AvgIpc) is 3.07. The molecule has 0 amide bonds. The zero-order valence-electron chi connectivity index (χ0n) is 12.3. The van der Waals surface area contributed by atoms with E-state index in [1.54, 1.807) is 11.6 Å². The summed E-state index contributed by atoms with van der Waals surface area (Å²) in [7, 11) is 0. The summed E-state index contributed by atoms with van der Waals surface area (Å²) in [4.78, 5) is 15.8. The van der Waals surface area contributed by atoms with E-state index in [0.29, 0.717) is 10.8 Å². The lowest BCUT2D eigenvalue weighted by molar-refractivity contribution is -0.389. The van der Waals surface area contributed by atoms with Crippen molar-refractivity contribution < 1.29 is 4.92 Å². The normalized spacial score (nSPS) is 12.5. The molecule has 0 spiro atoms. The van der Waals surface area contributed by atoms with Crippen molar-refractivity contribution in [1.82, 2.24) is 9.38 Å². The summed E-state index contributed by atoms with van der Waals surface area (Å²) in [6.45, 7) is 4.08. The van der Waals surface area contributed by atoms with Crippen LogP contribution in [0.4, 0.5) is 11.6 Å². The van der Waals surface area contributed by atoms with Gasteiger partial charge >= 0.3 is 5.82 Å². The Bertz CT molecular complexity index is 807. The number of nitrogens with zero attached hydrogens (tertiary/aromatic N) is 3. The van der Waals surface area contributed by atoms with Gasteiger partial charge in [0.05, 0.1) is 6.04 Å². The number of aromatic nitrogens is 2. The van der Waals surface area contributed by atoms with Crippen molar-refractivity contribution in [2.24, 2.45) is 0 Å². The van der Waals surface area contributed by atoms with E-state index in [9.17, 15) is 10.1 Å². The molecule has 1 unspecified atom stereocenters. The molecule has 0 aliphatic rings. The molecule has 114 valence electrons. The van der Waals surface area contributed by atoms with Crippen LogP contribution in [-0.4, -0.2) is 14.3 Å². The lowest BCUT2D eigenvalue weighted by Crippen LogP contribution is -2.08. The first-order chi connectivity index (χ1) is 10.6. The van der Waals surface area contributed by atoms with Gasteiger partial charge in [0.1, 0.15) is 6.20 Å². The zero-order chi connectivity index (χ0) is 15.7. The highest BCUT2D eigenvalue weighted by molar-refractivity contribution is 7.15. The fourth-order valence-corrected chi connectivity index (χ4v) is 3.08. The average molecular weight is 316 g/mol. The minimum Gasteiger partial charge on any atom is -0.358 e. The molecule has 0 saturated heterocycles. The highest BCUT2D eigenvalue weighted by atomic mass is 32.1. The van der Waals surface area contributed by atoms with Crippen molar-refractivity contribution in [3.8, 4) is 0 Å². The van der Waals surface area contributed by atoms with Crippen LogP contribution in [0.25, 0.3) is 4.96 Å². The van der Waals surface area contributed by atoms with Crippen LogP contribution in [0.5, 0.6) is 0 Å². The van der Waals surface area contributed by atoms with Crippen LogP contribution in [0.2, 0.25) is 0 Å². The summed E-state index contributed by atoms with van der Waals surface area (Å²) in [5, 5.41) is 16.2. The number of nitro groups is 1. The predicted molar refractivity (Wildman–Crippen MR) is 87.6 cm³/mol. The molecule has 3 aromatic rings. The number of benzene rings is 1. The molecule has 1 aromatic carbocycles. The Balaban J connectivity index is 1.89. The van der Waals surface area contributed by atoms with Crippen LogP contribution < -0.4 is 5.32 Å². The summed E-state index contributed by atoms with van der Waals surface area (Å²) in [6.07, 6.45) is 2.65. The molecular weight excluding hydrogens is 300 g/mol. The monoisotopic (exact) mass is 316 g/mol. The largest absolute Gasteiger partial charge is 0.372 e. The Morgan fingerprint density at radius 1 is 1.41 bits per heavy atom. The first-order valence-corrected chi connectivity index (χ1v) is 7.93. The third kappa shape index (κ3) is 2.55. The van der Waals surface area contributed by atoms with Crippen LogP contribution in [0.3, 0.4) is 0 Å². The van der Waals surface area contributed by atoms with Gasteiger partial charge in [0, 0.05) is 5.38 Å². The first kappa shape index (κ1) is 14.5. The second kappa shape index (κ2) is 5.76. The van der Waals surface area contributed by atoms with E-state index >= 15 is 0 Å². The van der Waals surface area contributed by atoms with E-state index in [4.69, 9.17) is 0 Å². The predicted octanol–water partition coefficient (Wildman–Crippen LogP) is 4.04. The highest BCUT2D eigenvalue weighted by Crippen LogP contribution is 2.30. The Morgan fingerprint density at radius 3 is 2.77 bits per heavy atom. The summed E-state index contributed by atoms with van der Waals surface area (Å²) >= 11 is 1.37. The van der Waals surface area contributed by atoms with Crippen molar-refractivity contribution in [3.05, 3.63) is 57.1 Å². The molecule has 0 bridgehead atoms. The zero-order valence-corrected chi connectivity index (χ0v) is 13.1. The topological polar surface area (TPSA) is 72.5 Å². The van der Waals surface area contributed by atoms with Gasteiger partial charge in [0.25, 0.3) is 4.96 Å². The Kier molecular flexibility index (Phi) is 3.81. The molecule has 0 aliphatic heterocycles. The SMILES string of the molecule is CCc1ccc(C(C)Nc2nc3sccn3c2[N+](=O)[O-])cc1. The summed E-state index contributed by atoms with van der Waals surface area (Å²) in [5.74, 6) is 0.289. The number of rotatable bonds is 5. The number of thiazole rings is 1. The molecule has 0 fully saturated rings. The van der Waals surface area contributed by atoms with Crippen molar-refractivity contribution in [3.63, 3.8) is 0 Å². The van der Waals surface area contributed by atoms with Crippen molar-refractivity contribution in [2.75, 3.05) is 5.32 Å². The molecule has 0 radical (unpaired) electrons. The first-order valence-electron chi connectivity index (χ1n) is 7.05. The van der Waals surface area contributed by atoms with Gasteiger partial charge in [-0.2, -0.15) is 9.38 Å².